The Morgan fingerprint density at radius 1 is 1.39 bits per heavy atom. The van der Waals surface area contributed by atoms with Gasteiger partial charge in [0.25, 0.3) is 5.91 Å². The van der Waals surface area contributed by atoms with Crippen molar-refractivity contribution >= 4 is 29.1 Å². The number of carbonyl (C=O) groups is 1. The maximum absolute atomic E-state index is 11.9. The van der Waals surface area contributed by atoms with Crippen molar-refractivity contribution in [2.75, 3.05) is 6.54 Å². The van der Waals surface area contributed by atoms with Gasteiger partial charge in [0.05, 0.1) is 5.56 Å². The minimum Gasteiger partial charge on any atom is -0.348 e. The number of nitrogens with one attached hydrogen (secondary N) is 1. The lowest BCUT2D eigenvalue weighted by atomic mass is 10.2. The van der Waals surface area contributed by atoms with Gasteiger partial charge in [0.1, 0.15) is 10.3 Å². The summed E-state index contributed by atoms with van der Waals surface area (Å²) < 4.78 is 0. The lowest BCUT2D eigenvalue weighted by molar-refractivity contribution is 0.0957. The molecule has 0 fully saturated rings. The molecule has 1 aromatic rings. The summed E-state index contributed by atoms with van der Waals surface area (Å²) in [7, 11) is 0. The Balaban J connectivity index is 2.71. The highest BCUT2D eigenvalue weighted by molar-refractivity contribution is 6.34. The second kappa shape index (κ2) is 7.19. The molecule has 1 amide bonds. The van der Waals surface area contributed by atoms with Crippen LogP contribution in [0.3, 0.4) is 0 Å². The van der Waals surface area contributed by atoms with Crippen LogP contribution in [0.1, 0.15) is 24.2 Å². The second-order valence-electron chi connectivity index (χ2n) is 3.52. The lowest BCUT2D eigenvalue weighted by Crippen LogP contribution is -2.25. The first kappa shape index (κ1) is 14.7. The number of aromatic nitrogens is 1. The molecule has 0 aliphatic carbocycles. The maximum atomic E-state index is 11.9. The summed E-state index contributed by atoms with van der Waals surface area (Å²) in [6, 6.07) is 3.09. The predicted octanol–water partition coefficient (Wildman–Crippen LogP) is 3.64. The smallest absolute Gasteiger partial charge is 0.254 e. The number of hydrogen-bond donors (Lipinski definition) is 1. The molecule has 96 valence electrons. The molecule has 0 aliphatic heterocycles. The number of hydrogen-bond acceptors (Lipinski definition) is 2. The number of nitrogens with zero attached hydrogens (tertiary/aromatic N) is 1. The van der Waals surface area contributed by atoms with E-state index in [9.17, 15) is 4.79 Å². The van der Waals surface area contributed by atoms with E-state index in [1.807, 2.05) is 32.1 Å². The molecular formula is C13H14Cl2N2O. The Hall–Kier alpha value is -1.32. The minimum atomic E-state index is -0.270. The molecule has 0 radical (unpaired) electrons. The predicted molar refractivity (Wildman–Crippen MR) is 75.2 cm³/mol. The number of carbonyl (C=O) groups excluding carboxylic acids is 1. The van der Waals surface area contributed by atoms with Crippen LogP contribution in [0.4, 0.5) is 0 Å². The monoisotopic (exact) mass is 284 g/mol. The Kier molecular flexibility index (Phi) is 5.89. The van der Waals surface area contributed by atoms with Gasteiger partial charge in [-0.1, -0.05) is 41.4 Å². The molecule has 0 aliphatic rings. The third-order valence-corrected chi connectivity index (χ3v) is 2.76. The average Bonchev–Trinajstić information content (AvgIpc) is 2.34. The molecular weight excluding hydrogens is 271 g/mol. The van der Waals surface area contributed by atoms with Gasteiger partial charge in [-0.3, -0.25) is 4.79 Å². The number of amides is 1. The summed E-state index contributed by atoms with van der Waals surface area (Å²) in [6.45, 7) is 4.28. The summed E-state index contributed by atoms with van der Waals surface area (Å²) in [5.74, 6) is -0.270. The molecule has 0 bridgehead atoms. The normalized spacial score (nSPS) is 11.9. The zero-order valence-electron chi connectivity index (χ0n) is 10.2. The zero-order chi connectivity index (χ0) is 13.5. The summed E-state index contributed by atoms with van der Waals surface area (Å²) in [6.07, 6.45) is 5.78. The summed E-state index contributed by atoms with van der Waals surface area (Å²) in [4.78, 5) is 15.7. The van der Waals surface area contributed by atoms with Crippen molar-refractivity contribution in [2.24, 2.45) is 0 Å². The molecule has 1 N–H and O–H groups in total. The molecule has 0 unspecified atom stereocenters. The van der Waals surface area contributed by atoms with Crippen molar-refractivity contribution in [3.05, 3.63) is 51.8 Å². The number of pyridine rings is 1. The van der Waals surface area contributed by atoms with Gasteiger partial charge in [-0.05, 0) is 31.6 Å². The van der Waals surface area contributed by atoms with Crippen molar-refractivity contribution < 1.29 is 4.79 Å². The SMILES string of the molecule is C/C=C\C(=C/C)CNC(=O)c1ccc(Cl)nc1Cl. The number of halogens is 2. The second-order valence-corrected chi connectivity index (χ2v) is 4.26. The third kappa shape index (κ3) is 4.17. The highest BCUT2D eigenvalue weighted by Gasteiger charge is 2.11. The average molecular weight is 285 g/mol. The van der Waals surface area contributed by atoms with E-state index < -0.39 is 0 Å². The van der Waals surface area contributed by atoms with Crippen LogP contribution in [0, 0.1) is 0 Å². The quantitative estimate of drug-likeness (QED) is 0.678. The van der Waals surface area contributed by atoms with Gasteiger partial charge in [0, 0.05) is 6.54 Å². The van der Waals surface area contributed by atoms with Crippen molar-refractivity contribution in [1.82, 2.24) is 10.3 Å². The van der Waals surface area contributed by atoms with Crippen molar-refractivity contribution in [2.45, 2.75) is 13.8 Å². The summed E-state index contributed by atoms with van der Waals surface area (Å²) in [5, 5.41) is 3.14. The molecule has 18 heavy (non-hydrogen) atoms. The molecule has 3 nitrogen and oxygen atoms in total. The van der Waals surface area contributed by atoms with Crippen LogP contribution in [0.25, 0.3) is 0 Å². The highest BCUT2D eigenvalue weighted by atomic mass is 35.5. The van der Waals surface area contributed by atoms with Crippen LogP contribution in [0.5, 0.6) is 0 Å². The Labute approximate surface area is 117 Å². The fourth-order valence-corrected chi connectivity index (χ4v) is 1.76. The first-order valence-corrected chi connectivity index (χ1v) is 6.22. The van der Waals surface area contributed by atoms with Gasteiger partial charge in [0.15, 0.2) is 0 Å². The first-order valence-electron chi connectivity index (χ1n) is 5.46. The molecule has 0 aromatic carbocycles. The standard InChI is InChI=1S/C13H14Cl2N2O/c1-3-5-9(4-2)8-16-13(18)10-6-7-11(14)17-12(10)15/h3-7H,8H2,1-2H3,(H,16,18)/b5-3-,9-4+. The van der Waals surface area contributed by atoms with E-state index in [0.29, 0.717) is 12.1 Å². The Morgan fingerprint density at radius 2 is 2.11 bits per heavy atom. The molecule has 1 aromatic heterocycles. The van der Waals surface area contributed by atoms with Gasteiger partial charge >= 0.3 is 0 Å². The minimum absolute atomic E-state index is 0.105. The summed E-state index contributed by atoms with van der Waals surface area (Å²) in [5.41, 5.74) is 1.33. The van der Waals surface area contributed by atoms with Gasteiger partial charge in [-0.15, -0.1) is 0 Å². The van der Waals surface area contributed by atoms with E-state index in [1.54, 1.807) is 6.07 Å². The zero-order valence-corrected chi connectivity index (χ0v) is 11.7. The molecule has 1 rings (SSSR count). The Morgan fingerprint density at radius 3 is 2.67 bits per heavy atom. The fourth-order valence-electron chi connectivity index (χ4n) is 1.33. The van der Waals surface area contributed by atoms with Gasteiger partial charge in [-0.2, -0.15) is 0 Å². The van der Waals surface area contributed by atoms with Crippen LogP contribution in [0.2, 0.25) is 10.3 Å². The molecule has 0 atom stereocenters. The van der Waals surface area contributed by atoms with E-state index in [2.05, 4.69) is 10.3 Å². The van der Waals surface area contributed by atoms with Crippen LogP contribution in [0.15, 0.2) is 35.9 Å². The van der Waals surface area contributed by atoms with E-state index >= 15 is 0 Å². The fraction of sp³-hybridized carbons (Fsp3) is 0.231. The van der Waals surface area contributed by atoms with Crippen molar-refractivity contribution in [1.29, 1.82) is 0 Å². The van der Waals surface area contributed by atoms with Crippen LogP contribution >= 0.6 is 23.2 Å². The van der Waals surface area contributed by atoms with E-state index in [4.69, 9.17) is 23.2 Å². The van der Waals surface area contributed by atoms with Crippen molar-refractivity contribution in [3.8, 4) is 0 Å². The number of rotatable bonds is 4. The van der Waals surface area contributed by atoms with Gasteiger partial charge < -0.3 is 5.32 Å². The molecule has 0 saturated carbocycles. The van der Waals surface area contributed by atoms with Crippen LogP contribution < -0.4 is 5.32 Å². The molecule has 0 spiro atoms. The molecule has 0 saturated heterocycles. The first-order chi connectivity index (χ1) is 8.58. The van der Waals surface area contributed by atoms with E-state index in [1.165, 1.54) is 6.07 Å². The largest absolute Gasteiger partial charge is 0.348 e. The molecule has 5 heteroatoms. The van der Waals surface area contributed by atoms with E-state index in [0.717, 1.165) is 5.57 Å². The van der Waals surface area contributed by atoms with E-state index in [-0.39, 0.29) is 16.2 Å². The van der Waals surface area contributed by atoms with Gasteiger partial charge in [0.2, 0.25) is 0 Å². The highest BCUT2D eigenvalue weighted by Crippen LogP contribution is 2.16. The van der Waals surface area contributed by atoms with Crippen molar-refractivity contribution in [3.63, 3.8) is 0 Å². The Bertz CT molecular complexity index is 496. The lowest BCUT2D eigenvalue weighted by Gasteiger charge is -2.07. The van der Waals surface area contributed by atoms with Crippen LogP contribution in [-0.2, 0) is 0 Å². The molecule has 1 heterocycles. The maximum Gasteiger partial charge on any atom is 0.254 e. The summed E-state index contributed by atoms with van der Waals surface area (Å²) >= 11 is 11.5. The topological polar surface area (TPSA) is 42.0 Å². The third-order valence-electron chi connectivity index (χ3n) is 2.26. The van der Waals surface area contributed by atoms with Crippen LogP contribution in [-0.4, -0.2) is 17.4 Å². The van der Waals surface area contributed by atoms with Gasteiger partial charge in [-0.25, -0.2) is 4.98 Å². The number of allylic oxidation sites excluding steroid dienone is 2.